The van der Waals surface area contributed by atoms with Crippen LogP contribution >= 0.6 is 11.6 Å². The SMILES string of the molecule is COc1cc2cc(c1Cl)N(C)C(=O)C[C@H](OC(=O)[C@H](C)N(C)C(=O)CCOCCN=[N+]=[N-])[C@@]1(C)O[C@H]1[C@H](C)[C@@H]1C[C@@](O)(NC(=O)O1)C(OC)/C=C/C=C(\C)C2. The van der Waals surface area contributed by atoms with Gasteiger partial charge in [-0.2, -0.15) is 0 Å². The van der Waals surface area contributed by atoms with E-state index in [0.29, 0.717) is 17.9 Å². The highest BCUT2D eigenvalue weighted by molar-refractivity contribution is 6.35. The zero-order chi connectivity index (χ0) is 40.7. The van der Waals surface area contributed by atoms with Crippen LogP contribution in [0.5, 0.6) is 5.75 Å². The summed E-state index contributed by atoms with van der Waals surface area (Å²) < 4.78 is 34.5. The fraction of sp³-hybridized carbons (Fsp3) is 0.622. The molecule has 1 aromatic rings. The Morgan fingerprint density at radius 3 is 2.67 bits per heavy atom. The first kappa shape index (κ1) is 43.3. The van der Waals surface area contributed by atoms with Gasteiger partial charge in [0.25, 0.3) is 0 Å². The molecule has 18 heteroatoms. The van der Waals surface area contributed by atoms with Crippen molar-refractivity contribution in [3.05, 3.63) is 57.0 Å². The molecular formula is C37H51ClN6O11. The van der Waals surface area contributed by atoms with Gasteiger partial charge in [0, 0.05) is 45.0 Å². The molecule has 1 unspecified atom stereocenters. The third-order valence-electron chi connectivity index (χ3n) is 10.4. The normalized spacial score (nSPS) is 30.3. The number of nitrogens with zero attached hydrogens (tertiary/aromatic N) is 5. The standard InChI is InChI=1S/C37H51ClN6O11/c1-21-10-9-11-28(51-8)37(49)20-27(53-35(48)41-37)22(2)33-36(4,55-33)29(19-31(46)44(6)25-17-24(16-21)18-26(50-7)32(25)38)54-34(47)23(3)43(5)30(45)12-14-52-15-13-40-42-39/h9-11,17-18,22-23,27-29,33,49H,12-16,19-20H2,1-8H3,(H,41,48)/b11-9+,21-10+/t22-,23+,27+,28?,29+,33+,36-,37+/m1/s1. The van der Waals surface area contributed by atoms with Crippen LogP contribution in [0.25, 0.3) is 10.4 Å². The first-order valence-corrected chi connectivity index (χ1v) is 18.3. The second-order valence-electron chi connectivity index (χ2n) is 14.2. The minimum Gasteiger partial charge on any atom is -0.495 e. The number of aliphatic hydroxyl groups is 1. The summed E-state index contributed by atoms with van der Waals surface area (Å²) in [6.45, 7) is 7.18. The van der Waals surface area contributed by atoms with Crippen LogP contribution in [-0.4, -0.2) is 124 Å². The Morgan fingerprint density at radius 2 is 2.00 bits per heavy atom. The van der Waals surface area contributed by atoms with Gasteiger partial charge in [-0.15, -0.1) is 0 Å². The van der Waals surface area contributed by atoms with Crippen molar-refractivity contribution in [1.29, 1.82) is 0 Å². The molecule has 3 heterocycles. The summed E-state index contributed by atoms with van der Waals surface area (Å²) in [6.07, 6.45) is 0.636. The number of carbonyl (C=O) groups is 4. The lowest BCUT2D eigenvalue weighted by atomic mass is 9.83. The first-order valence-electron chi connectivity index (χ1n) is 17.9. The predicted molar refractivity (Wildman–Crippen MR) is 200 cm³/mol. The molecule has 0 aliphatic carbocycles. The largest absolute Gasteiger partial charge is 0.495 e. The van der Waals surface area contributed by atoms with Crippen LogP contribution in [0.1, 0.15) is 52.5 Å². The smallest absolute Gasteiger partial charge is 0.409 e. The van der Waals surface area contributed by atoms with Gasteiger partial charge in [0.15, 0.2) is 5.72 Å². The van der Waals surface area contributed by atoms with Gasteiger partial charge in [-0.3, -0.25) is 14.9 Å². The molecule has 4 bridgehead atoms. The average molecular weight is 791 g/mol. The molecule has 3 aliphatic rings. The molecule has 0 spiro atoms. The molecule has 4 rings (SSSR count). The number of likely N-dealkylation sites (N-methyl/N-ethyl adjacent to an activating group) is 1. The van der Waals surface area contributed by atoms with Gasteiger partial charge in [-0.1, -0.05) is 47.4 Å². The number of ether oxygens (including phenoxy) is 6. The van der Waals surface area contributed by atoms with E-state index in [0.717, 1.165) is 11.1 Å². The summed E-state index contributed by atoms with van der Waals surface area (Å²) >= 11 is 6.75. The minimum absolute atomic E-state index is 0.0445. The number of allylic oxidation sites excluding steroid dienone is 3. The Morgan fingerprint density at radius 1 is 1.27 bits per heavy atom. The van der Waals surface area contributed by atoms with Crippen molar-refractivity contribution in [3.63, 3.8) is 0 Å². The van der Waals surface area contributed by atoms with Gasteiger partial charge in [-0.05, 0) is 50.4 Å². The Hall–Kier alpha value is -4.38. The number of esters is 1. The second-order valence-corrected chi connectivity index (χ2v) is 14.6. The number of carbonyl (C=O) groups excluding carboxylic acids is 4. The van der Waals surface area contributed by atoms with Crippen molar-refractivity contribution < 1.29 is 52.7 Å². The summed E-state index contributed by atoms with van der Waals surface area (Å²) in [4.78, 5) is 58.9. The quantitative estimate of drug-likeness (QED) is 0.0808. The molecule has 1 aromatic carbocycles. The van der Waals surface area contributed by atoms with Gasteiger partial charge in [0.05, 0.1) is 45.0 Å². The molecule has 0 aromatic heterocycles. The third-order valence-corrected chi connectivity index (χ3v) is 10.8. The fourth-order valence-corrected chi connectivity index (χ4v) is 7.12. The van der Waals surface area contributed by atoms with Gasteiger partial charge >= 0.3 is 12.1 Å². The highest BCUT2D eigenvalue weighted by atomic mass is 35.5. The lowest BCUT2D eigenvalue weighted by molar-refractivity contribution is -0.162. The molecule has 55 heavy (non-hydrogen) atoms. The maximum atomic E-state index is 14.1. The molecule has 2 saturated heterocycles. The van der Waals surface area contributed by atoms with Gasteiger partial charge in [0.1, 0.15) is 40.7 Å². The zero-order valence-corrected chi connectivity index (χ0v) is 33.2. The maximum Gasteiger partial charge on any atom is 0.409 e. The molecule has 0 radical (unpaired) electrons. The highest BCUT2D eigenvalue weighted by Gasteiger charge is 2.64. The van der Waals surface area contributed by atoms with Crippen molar-refractivity contribution in [3.8, 4) is 5.75 Å². The van der Waals surface area contributed by atoms with E-state index in [1.807, 2.05) is 13.0 Å². The Balaban J connectivity index is 1.68. The van der Waals surface area contributed by atoms with Crippen LogP contribution in [-0.2, 0) is 44.5 Å². The molecule has 3 aliphatic heterocycles. The lowest BCUT2D eigenvalue weighted by Crippen LogP contribution is -2.63. The van der Waals surface area contributed by atoms with E-state index in [-0.39, 0.29) is 44.0 Å². The van der Waals surface area contributed by atoms with E-state index in [1.165, 1.54) is 38.0 Å². The Bertz CT molecular complexity index is 1720. The zero-order valence-electron chi connectivity index (χ0n) is 32.4. The topological polar surface area (TPSA) is 214 Å². The molecule has 2 N–H and O–H groups in total. The number of benzene rings is 1. The van der Waals surface area contributed by atoms with Crippen LogP contribution in [0.3, 0.4) is 0 Å². The van der Waals surface area contributed by atoms with Gasteiger partial charge in [0.2, 0.25) is 11.8 Å². The van der Waals surface area contributed by atoms with Crippen LogP contribution in [0.2, 0.25) is 5.02 Å². The van der Waals surface area contributed by atoms with E-state index >= 15 is 0 Å². The number of alkyl carbamates (subject to hydrolysis) is 1. The van der Waals surface area contributed by atoms with E-state index in [1.54, 1.807) is 45.2 Å². The summed E-state index contributed by atoms with van der Waals surface area (Å²) in [5.74, 6) is -1.86. The van der Waals surface area contributed by atoms with Crippen LogP contribution in [0, 0.1) is 5.92 Å². The predicted octanol–water partition coefficient (Wildman–Crippen LogP) is 4.23. The summed E-state index contributed by atoms with van der Waals surface area (Å²) in [6, 6.07) is 2.49. The molecule has 302 valence electrons. The molecule has 0 saturated carbocycles. The van der Waals surface area contributed by atoms with E-state index < -0.39 is 71.6 Å². The minimum atomic E-state index is -1.85. The van der Waals surface area contributed by atoms with Crippen molar-refractivity contribution >= 4 is 41.2 Å². The van der Waals surface area contributed by atoms with Crippen LogP contribution in [0.15, 0.2) is 41.0 Å². The van der Waals surface area contributed by atoms with Crippen LogP contribution in [0.4, 0.5) is 10.5 Å². The molecule has 2 fully saturated rings. The summed E-state index contributed by atoms with van der Waals surface area (Å²) in [5.41, 5.74) is 7.36. The number of hydrogen-bond acceptors (Lipinski definition) is 12. The van der Waals surface area contributed by atoms with E-state index in [4.69, 9.17) is 45.6 Å². The van der Waals surface area contributed by atoms with Crippen LogP contribution < -0.4 is 15.0 Å². The second kappa shape index (κ2) is 18.5. The molecular weight excluding hydrogens is 740 g/mol. The van der Waals surface area contributed by atoms with Crippen molar-refractivity contribution in [2.75, 3.05) is 53.0 Å². The van der Waals surface area contributed by atoms with Gasteiger partial charge in [-0.25, -0.2) is 9.59 Å². The number of anilines is 1. The number of epoxide rings is 1. The maximum absolute atomic E-state index is 14.1. The number of rotatable bonds is 11. The molecule has 17 nitrogen and oxygen atoms in total. The number of azide groups is 1. The van der Waals surface area contributed by atoms with Crippen molar-refractivity contribution in [2.45, 2.75) is 95.2 Å². The third kappa shape index (κ3) is 10.3. The number of methoxy groups -OCH3 is 2. The Labute approximate surface area is 325 Å². The number of halogens is 1. The number of hydrogen-bond donors (Lipinski definition) is 2. The first-order chi connectivity index (χ1) is 26.0. The number of fused-ring (bicyclic) bond motifs is 5. The number of amides is 3. The lowest BCUT2D eigenvalue weighted by Gasteiger charge is -2.42. The monoisotopic (exact) mass is 790 g/mol. The van der Waals surface area contributed by atoms with Gasteiger partial charge < -0.3 is 43.3 Å². The van der Waals surface area contributed by atoms with E-state index in [9.17, 15) is 24.3 Å². The summed E-state index contributed by atoms with van der Waals surface area (Å²) in [5, 5.41) is 17.8. The van der Waals surface area contributed by atoms with Crippen molar-refractivity contribution in [2.24, 2.45) is 11.0 Å². The number of nitrogens with one attached hydrogen (secondary N) is 1. The summed E-state index contributed by atoms with van der Waals surface area (Å²) in [7, 11) is 5.90. The fourth-order valence-electron chi connectivity index (χ4n) is 6.81. The van der Waals surface area contributed by atoms with Crippen molar-refractivity contribution in [1.82, 2.24) is 10.2 Å². The molecule has 8 atom stereocenters. The highest BCUT2D eigenvalue weighted by Crippen LogP contribution is 2.49. The van der Waals surface area contributed by atoms with E-state index in [2.05, 4.69) is 15.3 Å². The average Bonchev–Trinajstić information content (AvgIpc) is 3.84. The molecule has 3 amide bonds. The Kier molecular flexibility index (Phi) is 14.6.